The second-order valence-electron chi connectivity index (χ2n) is 17.2. The van der Waals surface area contributed by atoms with Crippen LogP contribution >= 0.6 is 8.17 Å². The molecule has 1 rings (SSSR count). The number of nitrogens with one attached hydrogen (secondary N) is 1. The lowest BCUT2D eigenvalue weighted by atomic mass is 10.1. The number of rotatable bonds is 38. The van der Waals surface area contributed by atoms with E-state index in [4.69, 9.17) is 18.5 Å². The molecule has 21 heteroatoms. The molecule has 1 fully saturated rings. The quantitative estimate of drug-likeness (QED) is 0.0281. The fourth-order valence-electron chi connectivity index (χ4n) is 7.40. The normalized spacial score (nSPS) is 15.6. The van der Waals surface area contributed by atoms with Crippen molar-refractivity contribution in [3.63, 3.8) is 0 Å². The standard InChI is InChI=1S/C45H84N5O15P/c1-3-5-7-9-11-13-15-17-19-21-44(58)62-37-39(65-45(59)22-20-18-16-14-12-10-8-6-4-2)38-64-66(60,61)63-32-23-46-40(51)33-47-24-26-48(34-41(52)53)28-30-50(36-43(56)57)31-29-49(27-25-47)35-42(54)55/h39,60-61H,3-38H2,1-2H3,(H3-,46,51,52,53,54,55,56,57)/p+1/t39-/m1/s1. The summed E-state index contributed by atoms with van der Waals surface area (Å²) in [6.45, 7) is 3.86. The van der Waals surface area contributed by atoms with Crippen LogP contribution < -0.4 is 5.32 Å². The minimum atomic E-state index is -4.48. The number of hydrogen-bond donors (Lipinski definition) is 6. The number of carboxylic acid groups (broad SMARTS) is 3. The van der Waals surface area contributed by atoms with E-state index in [-0.39, 0.29) is 111 Å². The van der Waals surface area contributed by atoms with Crippen LogP contribution in [0.1, 0.15) is 142 Å². The van der Waals surface area contributed by atoms with E-state index in [1.54, 1.807) is 19.6 Å². The first-order valence-electron chi connectivity index (χ1n) is 24.4. The van der Waals surface area contributed by atoms with E-state index < -0.39 is 56.6 Å². The lowest BCUT2D eigenvalue weighted by molar-refractivity contribution is -0.161. The molecule has 1 amide bonds. The number of carbonyl (C=O) groups excluding carboxylic acids is 3. The van der Waals surface area contributed by atoms with Gasteiger partial charge in [-0.1, -0.05) is 117 Å². The molecular weight excluding hydrogens is 881 g/mol. The maximum atomic E-state index is 13.0. The molecule has 0 spiro atoms. The van der Waals surface area contributed by atoms with Gasteiger partial charge >= 0.3 is 38.0 Å². The van der Waals surface area contributed by atoms with Gasteiger partial charge in [-0.05, 0) is 12.8 Å². The molecule has 0 bridgehead atoms. The fraction of sp³-hybridized carbons (Fsp3) is 0.867. The minimum absolute atomic E-state index is 0.147. The fourth-order valence-corrected chi connectivity index (χ4v) is 8.16. The van der Waals surface area contributed by atoms with Gasteiger partial charge in [0.15, 0.2) is 6.10 Å². The molecule has 20 nitrogen and oxygen atoms in total. The topological polar surface area (TPSA) is 265 Å². The van der Waals surface area contributed by atoms with E-state index in [2.05, 4.69) is 19.2 Å². The van der Waals surface area contributed by atoms with Gasteiger partial charge in [0.2, 0.25) is 5.91 Å². The Kier molecular flexibility index (Phi) is 35.9. The summed E-state index contributed by atoms with van der Waals surface area (Å²) < 4.78 is 21.4. The first-order valence-corrected chi connectivity index (χ1v) is 26.0. The van der Waals surface area contributed by atoms with Gasteiger partial charge in [0.1, 0.15) is 19.8 Å². The van der Waals surface area contributed by atoms with Crippen LogP contribution in [-0.4, -0.2) is 191 Å². The van der Waals surface area contributed by atoms with Gasteiger partial charge in [-0.2, -0.15) is 14.3 Å². The van der Waals surface area contributed by atoms with Crippen molar-refractivity contribution in [3.8, 4) is 0 Å². The number of hydrogen-bond acceptors (Lipinski definition) is 16. The monoisotopic (exact) mass is 967 g/mol. The minimum Gasteiger partial charge on any atom is -0.480 e. The second kappa shape index (κ2) is 38.8. The Bertz CT molecular complexity index is 1320. The van der Waals surface area contributed by atoms with Crippen LogP contribution in [0.25, 0.3) is 0 Å². The Morgan fingerprint density at radius 1 is 0.500 bits per heavy atom. The van der Waals surface area contributed by atoms with Crippen molar-refractivity contribution in [2.24, 2.45) is 0 Å². The third-order valence-electron chi connectivity index (χ3n) is 11.2. The summed E-state index contributed by atoms with van der Waals surface area (Å²) in [6.07, 6.45) is 18.8. The first-order chi connectivity index (χ1) is 31.6. The largest absolute Gasteiger partial charge is 0.570 e. The van der Waals surface area contributed by atoms with Crippen molar-refractivity contribution < 1.29 is 72.4 Å². The summed E-state index contributed by atoms with van der Waals surface area (Å²) in [6, 6.07) is 0. The number of nitrogens with zero attached hydrogens (tertiary/aromatic N) is 4. The number of ether oxygens (including phenoxy) is 2. The highest BCUT2D eigenvalue weighted by molar-refractivity contribution is 7.54. The molecule has 0 aliphatic carbocycles. The first kappa shape index (κ1) is 60.9. The molecule has 1 aliphatic rings. The molecule has 0 aromatic carbocycles. The van der Waals surface area contributed by atoms with Crippen molar-refractivity contribution in [2.45, 2.75) is 148 Å². The van der Waals surface area contributed by atoms with Crippen LogP contribution in [0.2, 0.25) is 0 Å². The van der Waals surface area contributed by atoms with Crippen LogP contribution in [0.3, 0.4) is 0 Å². The summed E-state index contributed by atoms with van der Waals surface area (Å²) in [5.74, 6) is -4.62. The van der Waals surface area contributed by atoms with Gasteiger partial charge in [-0.15, -0.1) is 4.52 Å². The smallest absolute Gasteiger partial charge is 0.480 e. The van der Waals surface area contributed by atoms with E-state index in [9.17, 15) is 53.9 Å². The molecule has 1 saturated heterocycles. The Morgan fingerprint density at radius 2 is 0.864 bits per heavy atom. The highest BCUT2D eigenvalue weighted by Crippen LogP contribution is 2.52. The predicted molar refractivity (Wildman–Crippen MR) is 249 cm³/mol. The molecule has 0 aromatic heterocycles. The SMILES string of the molecule is CCCCCCCCCCCC(=O)OC[C@H](CO[P+](O)(O)OCCNC(=O)CN1CCN(CC(=O)O)CCN(CC(=O)O)CCN(CC(=O)O)CC1)OC(=O)CCCCCCCCCCC. The zero-order chi connectivity index (χ0) is 48.8. The van der Waals surface area contributed by atoms with Crippen LogP contribution in [0.5, 0.6) is 0 Å². The predicted octanol–water partition coefficient (Wildman–Crippen LogP) is 4.57. The van der Waals surface area contributed by atoms with E-state index in [0.717, 1.165) is 38.5 Å². The van der Waals surface area contributed by atoms with E-state index in [1.807, 2.05) is 0 Å². The number of amides is 1. The average molecular weight is 967 g/mol. The molecule has 0 aromatic rings. The summed E-state index contributed by atoms with van der Waals surface area (Å²) in [7, 11) is -4.48. The molecule has 0 radical (unpaired) electrons. The highest BCUT2D eigenvalue weighted by Gasteiger charge is 2.41. The van der Waals surface area contributed by atoms with E-state index in [0.29, 0.717) is 12.8 Å². The van der Waals surface area contributed by atoms with Gasteiger partial charge in [0.05, 0.1) is 26.2 Å². The van der Waals surface area contributed by atoms with Gasteiger partial charge in [-0.25, -0.2) is 0 Å². The Balaban J connectivity index is 2.72. The van der Waals surface area contributed by atoms with Crippen molar-refractivity contribution in [2.75, 3.05) is 105 Å². The van der Waals surface area contributed by atoms with Gasteiger partial charge in [0, 0.05) is 71.7 Å². The van der Waals surface area contributed by atoms with E-state index >= 15 is 0 Å². The Labute approximate surface area is 393 Å². The van der Waals surface area contributed by atoms with Crippen LogP contribution in [0.15, 0.2) is 0 Å². The summed E-state index contributed by atoms with van der Waals surface area (Å²) in [5.41, 5.74) is 0. The zero-order valence-electron chi connectivity index (χ0n) is 40.1. The molecule has 1 aliphatic heterocycles. The number of carbonyl (C=O) groups is 6. The van der Waals surface area contributed by atoms with Gasteiger partial charge in [0.25, 0.3) is 0 Å². The molecule has 1 atom stereocenters. The number of unbranched alkanes of at least 4 members (excludes halogenated alkanes) is 16. The molecule has 66 heavy (non-hydrogen) atoms. The van der Waals surface area contributed by atoms with Crippen molar-refractivity contribution in [3.05, 3.63) is 0 Å². The van der Waals surface area contributed by atoms with Gasteiger partial charge in [-0.3, -0.25) is 48.4 Å². The van der Waals surface area contributed by atoms with Crippen molar-refractivity contribution in [1.29, 1.82) is 0 Å². The van der Waals surface area contributed by atoms with E-state index in [1.165, 1.54) is 64.2 Å². The summed E-state index contributed by atoms with van der Waals surface area (Å²) in [4.78, 5) is 101. The van der Waals surface area contributed by atoms with Crippen molar-refractivity contribution >= 4 is 43.9 Å². The number of esters is 2. The summed E-state index contributed by atoms with van der Waals surface area (Å²) >= 11 is 0. The highest BCUT2D eigenvalue weighted by atomic mass is 31.2. The maximum Gasteiger partial charge on any atom is 0.570 e. The molecule has 1 heterocycles. The molecule has 0 saturated carbocycles. The van der Waals surface area contributed by atoms with Gasteiger partial charge < -0.3 is 30.1 Å². The third kappa shape index (κ3) is 36.0. The average Bonchev–Trinajstić information content (AvgIpc) is 3.25. The molecular formula is C45H85N5O15P+. The number of aliphatic carboxylic acids is 3. The summed E-state index contributed by atoms with van der Waals surface area (Å²) in [5, 5.41) is 30.9. The lowest BCUT2D eigenvalue weighted by Gasteiger charge is -2.32. The number of carboxylic acids is 3. The molecule has 0 unspecified atom stereocenters. The van der Waals surface area contributed by atoms with Crippen LogP contribution in [0.4, 0.5) is 0 Å². The van der Waals surface area contributed by atoms with Crippen LogP contribution in [-0.2, 0) is 47.3 Å². The lowest BCUT2D eigenvalue weighted by Crippen LogP contribution is -2.50. The second-order valence-corrected chi connectivity index (χ2v) is 18.7. The Morgan fingerprint density at radius 3 is 1.26 bits per heavy atom. The molecule has 6 N–H and O–H groups in total. The third-order valence-corrected chi connectivity index (χ3v) is 12.2. The Hall–Kier alpha value is -3.07. The van der Waals surface area contributed by atoms with Crippen LogP contribution in [0, 0.1) is 0 Å². The van der Waals surface area contributed by atoms with Crippen molar-refractivity contribution in [1.82, 2.24) is 24.9 Å². The zero-order valence-corrected chi connectivity index (χ0v) is 41.0. The maximum absolute atomic E-state index is 13.0. The molecule has 384 valence electrons.